The van der Waals surface area contributed by atoms with Crippen LogP contribution in [0.3, 0.4) is 0 Å². The van der Waals surface area contributed by atoms with Crippen LogP contribution >= 0.6 is 11.8 Å². The van der Waals surface area contributed by atoms with E-state index in [4.69, 9.17) is 5.26 Å². The van der Waals surface area contributed by atoms with Gasteiger partial charge in [0.2, 0.25) is 0 Å². The average Bonchev–Trinajstić information content (AvgIpc) is 2.66. The summed E-state index contributed by atoms with van der Waals surface area (Å²) in [6.07, 6.45) is 4.01. The Balaban J connectivity index is 2.09. The Hall–Kier alpha value is -3.51. The van der Waals surface area contributed by atoms with E-state index in [0.29, 0.717) is 27.9 Å². The summed E-state index contributed by atoms with van der Waals surface area (Å²) in [6.45, 7) is 0. The van der Waals surface area contributed by atoms with Gasteiger partial charge in [-0.05, 0) is 42.5 Å². The fraction of sp³-hybridized carbons (Fsp3) is 0.0526. The summed E-state index contributed by atoms with van der Waals surface area (Å²) in [4.78, 5) is 22.9. The normalized spacial score (nSPS) is 11.4. The van der Waals surface area contributed by atoms with Gasteiger partial charge >= 0.3 is 0 Å². The summed E-state index contributed by atoms with van der Waals surface area (Å²) in [5, 5.41) is 22.6. The second-order valence-electron chi connectivity index (χ2n) is 5.22. The fourth-order valence-electron chi connectivity index (χ4n) is 2.12. The van der Waals surface area contributed by atoms with Crippen LogP contribution in [0.1, 0.15) is 5.56 Å². The van der Waals surface area contributed by atoms with Crippen LogP contribution in [0, 0.1) is 21.4 Å². The molecule has 0 aliphatic carbocycles. The SMILES string of the molecule is N#CC(=CC=Cc1ccccc1[N+](=O)[O-])C(=O)Nc1ccc(SC(F)F)cc1. The Morgan fingerprint density at radius 3 is 2.50 bits per heavy atom. The number of nitro benzene ring substituents is 1. The summed E-state index contributed by atoms with van der Waals surface area (Å²) in [7, 11) is 0. The zero-order chi connectivity index (χ0) is 20.5. The second kappa shape index (κ2) is 9.99. The molecule has 0 saturated carbocycles. The predicted octanol–water partition coefficient (Wildman–Crippen LogP) is 5.01. The molecule has 9 heteroatoms. The number of amides is 1. The van der Waals surface area contributed by atoms with Crippen molar-refractivity contribution >= 4 is 35.1 Å². The highest BCUT2D eigenvalue weighted by Gasteiger charge is 2.11. The number of para-hydroxylation sites is 1. The van der Waals surface area contributed by atoms with E-state index < -0.39 is 16.6 Å². The maximum Gasteiger partial charge on any atom is 0.288 e. The minimum atomic E-state index is -2.54. The lowest BCUT2D eigenvalue weighted by atomic mass is 10.1. The number of carbonyl (C=O) groups is 1. The first-order valence-electron chi connectivity index (χ1n) is 7.79. The van der Waals surface area contributed by atoms with Gasteiger partial charge in [0.05, 0.1) is 10.5 Å². The number of allylic oxidation sites excluding steroid dienone is 2. The van der Waals surface area contributed by atoms with Gasteiger partial charge in [-0.1, -0.05) is 30.0 Å². The monoisotopic (exact) mass is 401 g/mol. The van der Waals surface area contributed by atoms with Crippen molar-refractivity contribution < 1.29 is 18.5 Å². The van der Waals surface area contributed by atoms with Crippen molar-refractivity contribution in [1.82, 2.24) is 0 Å². The predicted molar refractivity (Wildman–Crippen MR) is 103 cm³/mol. The number of carbonyl (C=O) groups excluding carboxylic acids is 1. The average molecular weight is 401 g/mol. The van der Waals surface area contributed by atoms with Gasteiger partial charge in [0, 0.05) is 16.6 Å². The van der Waals surface area contributed by atoms with Gasteiger partial charge in [0.25, 0.3) is 17.4 Å². The molecule has 0 bridgehead atoms. The number of rotatable bonds is 7. The third kappa shape index (κ3) is 6.03. The molecule has 0 aliphatic heterocycles. The minimum Gasteiger partial charge on any atom is -0.321 e. The zero-order valence-electron chi connectivity index (χ0n) is 14.2. The van der Waals surface area contributed by atoms with Crippen molar-refractivity contribution in [2.24, 2.45) is 0 Å². The molecule has 0 unspecified atom stereocenters. The number of hydrogen-bond donors (Lipinski definition) is 1. The molecule has 2 aromatic carbocycles. The number of halogens is 2. The van der Waals surface area contributed by atoms with Crippen molar-refractivity contribution in [3.8, 4) is 6.07 Å². The van der Waals surface area contributed by atoms with Crippen molar-refractivity contribution in [3.05, 3.63) is 81.9 Å². The summed E-state index contributed by atoms with van der Waals surface area (Å²) in [5.74, 6) is -3.23. The largest absolute Gasteiger partial charge is 0.321 e. The number of nitro groups is 1. The first kappa shape index (κ1) is 20.8. The van der Waals surface area contributed by atoms with Crippen LogP contribution in [0.4, 0.5) is 20.2 Å². The van der Waals surface area contributed by atoms with Crippen LogP contribution in [0.5, 0.6) is 0 Å². The van der Waals surface area contributed by atoms with Gasteiger partial charge in [0.15, 0.2) is 0 Å². The molecule has 1 N–H and O–H groups in total. The maximum absolute atomic E-state index is 12.3. The van der Waals surface area contributed by atoms with Gasteiger partial charge < -0.3 is 5.32 Å². The topological polar surface area (TPSA) is 96.0 Å². The highest BCUT2D eigenvalue weighted by molar-refractivity contribution is 7.99. The molecule has 0 atom stereocenters. The van der Waals surface area contributed by atoms with E-state index in [-0.39, 0.29) is 11.3 Å². The van der Waals surface area contributed by atoms with Gasteiger partial charge in [-0.2, -0.15) is 14.0 Å². The summed E-state index contributed by atoms with van der Waals surface area (Å²) in [5.41, 5.74) is 0.346. The van der Waals surface area contributed by atoms with Crippen LogP contribution in [0.25, 0.3) is 6.08 Å². The first-order valence-corrected chi connectivity index (χ1v) is 8.67. The van der Waals surface area contributed by atoms with Crippen LogP contribution in [0.2, 0.25) is 0 Å². The van der Waals surface area contributed by atoms with Crippen LogP contribution < -0.4 is 5.32 Å². The molecule has 0 aromatic heterocycles. The molecule has 28 heavy (non-hydrogen) atoms. The van der Waals surface area contributed by atoms with E-state index >= 15 is 0 Å². The zero-order valence-corrected chi connectivity index (χ0v) is 15.0. The van der Waals surface area contributed by atoms with Gasteiger partial charge in [-0.25, -0.2) is 0 Å². The Morgan fingerprint density at radius 2 is 1.89 bits per heavy atom. The van der Waals surface area contributed by atoms with Gasteiger partial charge in [-0.15, -0.1) is 0 Å². The lowest BCUT2D eigenvalue weighted by Gasteiger charge is -2.05. The summed E-state index contributed by atoms with van der Waals surface area (Å²) < 4.78 is 24.6. The standard InChI is InChI=1S/C19H13F2N3O3S/c20-19(21)28-16-10-8-15(9-11-16)23-18(25)14(12-22)6-3-5-13-4-1-2-7-17(13)24(26)27/h1-11,19H,(H,23,25). The summed E-state index contributed by atoms with van der Waals surface area (Å²) >= 11 is 0.382. The first-order chi connectivity index (χ1) is 13.4. The minimum absolute atomic E-state index is 0.100. The quantitative estimate of drug-likeness (QED) is 0.176. The number of hydrogen-bond acceptors (Lipinski definition) is 5. The van der Waals surface area contributed by atoms with Crippen LogP contribution in [-0.2, 0) is 4.79 Å². The molecule has 0 radical (unpaired) electrons. The molecule has 0 heterocycles. The Labute approximate surface area is 163 Å². The Kier molecular flexibility index (Phi) is 7.42. The third-order valence-corrected chi connectivity index (χ3v) is 4.10. The van der Waals surface area contributed by atoms with Gasteiger partial charge in [0.1, 0.15) is 11.6 Å². The number of benzene rings is 2. The highest BCUT2D eigenvalue weighted by atomic mass is 32.2. The lowest BCUT2D eigenvalue weighted by molar-refractivity contribution is -0.385. The van der Waals surface area contributed by atoms with E-state index in [2.05, 4.69) is 5.32 Å². The van der Waals surface area contributed by atoms with Crippen molar-refractivity contribution in [2.45, 2.75) is 10.7 Å². The van der Waals surface area contributed by atoms with Crippen LogP contribution in [0.15, 0.2) is 71.2 Å². The van der Waals surface area contributed by atoms with E-state index in [0.717, 1.165) is 0 Å². The van der Waals surface area contributed by atoms with Crippen LogP contribution in [-0.4, -0.2) is 16.6 Å². The molecule has 0 saturated heterocycles. The van der Waals surface area contributed by atoms with Crippen molar-refractivity contribution in [3.63, 3.8) is 0 Å². The number of nitrogens with zero attached hydrogens (tertiary/aromatic N) is 2. The molecule has 0 spiro atoms. The maximum atomic E-state index is 12.3. The third-order valence-electron chi connectivity index (χ3n) is 3.37. The number of thioether (sulfide) groups is 1. The molecule has 0 fully saturated rings. The molecular weight excluding hydrogens is 388 g/mol. The Morgan fingerprint density at radius 1 is 1.21 bits per heavy atom. The number of nitrogens with one attached hydrogen (secondary N) is 1. The smallest absolute Gasteiger partial charge is 0.288 e. The number of nitriles is 1. The fourth-order valence-corrected chi connectivity index (χ4v) is 2.62. The highest BCUT2D eigenvalue weighted by Crippen LogP contribution is 2.26. The molecule has 2 aromatic rings. The van der Waals surface area contributed by atoms with E-state index in [1.807, 2.05) is 0 Å². The molecule has 0 aliphatic rings. The molecule has 142 valence electrons. The Bertz CT molecular complexity index is 967. The second-order valence-corrected chi connectivity index (χ2v) is 6.29. The van der Waals surface area contributed by atoms with Crippen molar-refractivity contribution in [1.29, 1.82) is 5.26 Å². The number of alkyl halides is 2. The van der Waals surface area contributed by atoms with E-state index in [1.54, 1.807) is 12.1 Å². The summed E-state index contributed by atoms with van der Waals surface area (Å²) in [6, 6.07) is 13.5. The van der Waals surface area contributed by atoms with E-state index in [9.17, 15) is 23.7 Å². The number of anilines is 1. The lowest BCUT2D eigenvalue weighted by Crippen LogP contribution is -2.13. The van der Waals surface area contributed by atoms with E-state index in [1.165, 1.54) is 60.7 Å². The molecular formula is C19H13F2N3O3S. The molecule has 2 rings (SSSR count). The molecule has 6 nitrogen and oxygen atoms in total. The molecule has 1 amide bonds. The van der Waals surface area contributed by atoms with Gasteiger partial charge in [-0.3, -0.25) is 14.9 Å². The van der Waals surface area contributed by atoms with Crippen molar-refractivity contribution in [2.75, 3.05) is 5.32 Å².